The lowest BCUT2D eigenvalue weighted by molar-refractivity contribution is 0.271. The molecule has 0 heterocycles. The van der Waals surface area contributed by atoms with Crippen LogP contribution in [-0.4, -0.2) is 43.5 Å². The van der Waals surface area contributed by atoms with Crippen LogP contribution < -0.4 is 11.5 Å². The number of nitrogens with two attached hydrogens (primary N) is 2. The second kappa shape index (κ2) is 10.3. The molecule has 4 heteroatoms. The molecule has 4 N–H and O–H groups in total. The molecule has 0 bridgehead atoms. The lowest BCUT2D eigenvalue weighted by atomic mass is 10.3. The van der Waals surface area contributed by atoms with Crippen LogP contribution in [0.2, 0.25) is 0 Å². The summed E-state index contributed by atoms with van der Waals surface area (Å²) in [7, 11) is 0. The van der Waals surface area contributed by atoms with Gasteiger partial charge in [-0.2, -0.15) is 0 Å². The van der Waals surface area contributed by atoms with Gasteiger partial charge in [0.05, 0.1) is 0 Å². The molecule has 13 heavy (non-hydrogen) atoms. The van der Waals surface area contributed by atoms with Gasteiger partial charge in [-0.1, -0.05) is 0 Å². The Labute approximate surface area is 86.4 Å². The van der Waals surface area contributed by atoms with Crippen molar-refractivity contribution in [3.63, 3.8) is 0 Å². The molecule has 80 valence electrons. The first-order valence-electron chi connectivity index (χ1n) is 5.03. The van der Waals surface area contributed by atoms with Gasteiger partial charge in [0.1, 0.15) is 0 Å². The molecular formula is C9H22ClN3. The zero-order valence-corrected chi connectivity index (χ0v) is 9.10. The summed E-state index contributed by atoms with van der Waals surface area (Å²) in [5.41, 5.74) is 10.9. The predicted octanol–water partition coefficient (Wildman–Crippen LogP) is 0.615. The molecule has 0 amide bonds. The highest BCUT2D eigenvalue weighted by atomic mass is 35.5. The maximum atomic E-state index is 5.64. The summed E-state index contributed by atoms with van der Waals surface area (Å²) in [5.74, 6) is 0.738. The van der Waals surface area contributed by atoms with E-state index >= 15 is 0 Å². The molecule has 0 aliphatic carbocycles. The molecule has 0 rings (SSSR count). The van der Waals surface area contributed by atoms with Crippen molar-refractivity contribution in [2.24, 2.45) is 11.5 Å². The summed E-state index contributed by atoms with van der Waals surface area (Å²) in [5, 5.41) is 0. The Morgan fingerprint density at radius 1 is 0.846 bits per heavy atom. The normalized spacial score (nSPS) is 11.1. The third-order valence-corrected chi connectivity index (χ3v) is 2.23. The predicted molar refractivity (Wildman–Crippen MR) is 59.1 cm³/mol. The van der Waals surface area contributed by atoms with Crippen LogP contribution in [0.25, 0.3) is 0 Å². The van der Waals surface area contributed by atoms with Crippen molar-refractivity contribution in [1.29, 1.82) is 0 Å². The Hall–Kier alpha value is 0.170. The van der Waals surface area contributed by atoms with E-state index in [2.05, 4.69) is 4.90 Å². The molecular weight excluding hydrogens is 186 g/mol. The van der Waals surface area contributed by atoms with E-state index in [0.717, 1.165) is 57.9 Å². The minimum Gasteiger partial charge on any atom is -0.330 e. The van der Waals surface area contributed by atoms with Crippen molar-refractivity contribution >= 4 is 11.6 Å². The van der Waals surface area contributed by atoms with E-state index in [4.69, 9.17) is 23.1 Å². The third kappa shape index (κ3) is 8.50. The Morgan fingerprint density at radius 2 is 1.31 bits per heavy atom. The molecule has 0 radical (unpaired) electrons. The van der Waals surface area contributed by atoms with Crippen molar-refractivity contribution in [3.05, 3.63) is 0 Å². The van der Waals surface area contributed by atoms with Crippen molar-refractivity contribution in [2.45, 2.75) is 19.3 Å². The molecule has 0 aromatic heterocycles. The fourth-order valence-corrected chi connectivity index (χ4v) is 1.37. The Morgan fingerprint density at radius 3 is 1.69 bits per heavy atom. The lowest BCUT2D eigenvalue weighted by Gasteiger charge is -2.21. The molecule has 0 unspecified atom stereocenters. The molecule has 3 nitrogen and oxygen atoms in total. The van der Waals surface area contributed by atoms with E-state index in [1.54, 1.807) is 0 Å². The molecule has 0 aliphatic rings. The fraction of sp³-hybridized carbons (Fsp3) is 1.00. The van der Waals surface area contributed by atoms with Crippen molar-refractivity contribution in [2.75, 3.05) is 38.6 Å². The van der Waals surface area contributed by atoms with Gasteiger partial charge in [0, 0.05) is 5.88 Å². The zero-order valence-electron chi connectivity index (χ0n) is 8.34. The molecule has 0 saturated carbocycles. The summed E-state index contributed by atoms with van der Waals surface area (Å²) < 4.78 is 0. The van der Waals surface area contributed by atoms with E-state index in [-0.39, 0.29) is 0 Å². The zero-order chi connectivity index (χ0) is 9.94. The Bertz CT molecular complexity index is 81.8. The van der Waals surface area contributed by atoms with E-state index in [0.29, 0.717) is 0 Å². The van der Waals surface area contributed by atoms with Crippen LogP contribution in [0.15, 0.2) is 0 Å². The van der Waals surface area contributed by atoms with Crippen LogP contribution >= 0.6 is 11.6 Å². The summed E-state index contributed by atoms with van der Waals surface area (Å²) >= 11 is 5.64. The van der Waals surface area contributed by atoms with Crippen molar-refractivity contribution < 1.29 is 0 Å². The smallest absolute Gasteiger partial charge is 0.0235 e. The Balaban J connectivity index is 3.47. The van der Waals surface area contributed by atoms with Gasteiger partial charge in [0.2, 0.25) is 0 Å². The lowest BCUT2D eigenvalue weighted by Crippen LogP contribution is -2.30. The fourth-order valence-electron chi connectivity index (χ4n) is 1.25. The molecule has 0 atom stereocenters. The van der Waals surface area contributed by atoms with Gasteiger partial charge in [-0.05, 0) is 52.0 Å². The van der Waals surface area contributed by atoms with Crippen LogP contribution in [0.4, 0.5) is 0 Å². The van der Waals surface area contributed by atoms with E-state index < -0.39 is 0 Å². The second-order valence-corrected chi connectivity index (χ2v) is 3.55. The first-order valence-corrected chi connectivity index (χ1v) is 5.57. The van der Waals surface area contributed by atoms with Gasteiger partial charge < -0.3 is 16.4 Å². The molecule has 0 saturated heterocycles. The molecule has 0 spiro atoms. The summed E-state index contributed by atoms with van der Waals surface area (Å²) in [6.07, 6.45) is 3.18. The molecule has 0 aromatic rings. The number of hydrogen-bond donors (Lipinski definition) is 2. The SMILES string of the molecule is NCCCN(CCCN)CCCCl. The molecule has 0 aromatic carbocycles. The minimum absolute atomic E-state index is 0.738. The maximum absolute atomic E-state index is 5.64. The van der Waals surface area contributed by atoms with Gasteiger partial charge in [-0.3, -0.25) is 0 Å². The summed E-state index contributed by atoms with van der Waals surface area (Å²) in [6.45, 7) is 4.75. The van der Waals surface area contributed by atoms with E-state index in [9.17, 15) is 0 Å². The quantitative estimate of drug-likeness (QED) is 0.545. The van der Waals surface area contributed by atoms with Crippen LogP contribution in [-0.2, 0) is 0 Å². The van der Waals surface area contributed by atoms with Gasteiger partial charge in [-0.25, -0.2) is 0 Å². The monoisotopic (exact) mass is 207 g/mol. The van der Waals surface area contributed by atoms with Gasteiger partial charge in [0.25, 0.3) is 0 Å². The maximum Gasteiger partial charge on any atom is 0.0235 e. The number of halogens is 1. The first kappa shape index (κ1) is 13.2. The van der Waals surface area contributed by atoms with Crippen LogP contribution in [0.5, 0.6) is 0 Å². The summed E-state index contributed by atoms with van der Waals surface area (Å²) in [4.78, 5) is 2.39. The highest BCUT2D eigenvalue weighted by Crippen LogP contribution is 1.96. The van der Waals surface area contributed by atoms with Crippen LogP contribution in [0.3, 0.4) is 0 Å². The average molecular weight is 208 g/mol. The standard InChI is InChI=1S/C9H22ClN3/c10-4-1-7-13(8-2-5-11)9-3-6-12/h1-9,11-12H2. The van der Waals surface area contributed by atoms with Crippen LogP contribution in [0, 0.1) is 0 Å². The number of nitrogens with zero attached hydrogens (tertiary/aromatic N) is 1. The highest BCUT2D eigenvalue weighted by Gasteiger charge is 2.02. The topological polar surface area (TPSA) is 55.3 Å². The van der Waals surface area contributed by atoms with Gasteiger partial charge in [-0.15, -0.1) is 11.6 Å². The number of hydrogen-bond acceptors (Lipinski definition) is 3. The Kier molecular flexibility index (Phi) is 10.4. The van der Waals surface area contributed by atoms with Crippen molar-refractivity contribution in [3.8, 4) is 0 Å². The largest absolute Gasteiger partial charge is 0.330 e. The van der Waals surface area contributed by atoms with Crippen LogP contribution in [0.1, 0.15) is 19.3 Å². The van der Waals surface area contributed by atoms with E-state index in [1.165, 1.54) is 0 Å². The number of alkyl halides is 1. The average Bonchev–Trinajstić information content (AvgIpc) is 2.17. The molecule has 0 aliphatic heterocycles. The third-order valence-electron chi connectivity index (χ3n) is 1.96. The summed E-state index contributed by atoms with van der Waals surface area (Å²) in [6, 6.07) is 0. The van der Waals surface area contributed by atoms with E-state index in [1.807, 2.05) is 0 Å². The van der Waals surface area contributed by atoms with Gasteiger partial charge in [0.15, 0.2) is 0 Å². The number of rotatable bonds is 9. The second-order valence-electron chi connectivity index (χ2n) is 3.17. The van der Waals surface area contributed by atoms with Gasteiger partial charge >= 0.3 is 0 Å². The molecule has 0 fully saturated rings. The minimum atomic E-state index is 0.738. The highest BCUT2D eigenvalue weighted by molar-refractivity contribution is 6.17. The first-order chi connectivity index (χ1) is 6.35. The van der Waals surface area contributed by atoms with Crippen molar-refractivity contribution in [1.82, 2.24) is 4.90 Å².